The van der Waals surface area contributed by atoms with E-state index in [2.05, 4.69) is 45.1 Å². The van der Waals surface area contributed by atoms with Crippen molar-refractivity contribution in [1.29, 1.82) is 0 Å². The van der Waals surface area contributed by atoms with Crippen molar-refractivity contribution in [2.24, 2.45) is 5.92 Å². The number of halogens is 2. The second-order valence-corrected chi connectivity index (χ2v) is 15.2. The average Bonchev–Trinajstić information content (AvgIpc) is 3.48. The Kier molecular flexibility index (Phi) is 9.68. The first kappa shape index (κ1) is 32.2. The third-order valence-electron chi connectivity index (χ3n) is 9.28. The summed E-state index contributed by atoms with van der Waals surface area (Å²) in [7, 11) is -3.89. The molecule has 3 aliphatic rings. The molecule has 0 aliphatic carbocycles. The van der Waals surface area contributed by atoms with Crippen LogP contribution in [-0.4, -0.2) is 80.2 Å². The molecular weight excluding hydrogens is 676 g/mol. The van der Waals surface area contributed by atoms with Crippen molar-refractivity contribution in [2.75, 3.05) is 50.7 Å². The molecule has 2 amide bonds. The van der Waals surface area contributed by atoms with E-state index >= 15 is 0 Å². The molecule has 2 fully saturated rings. The molecule has 11 heteroatoms. The summed E-state index contributed by atoms with van der Waals surface area (Å²) in [6.45, 7) is 5.45. The standard InChI is InChI=1S/C34H38BrClN4O4S/c1-2-32(41)40-16-14-26-21-29(35)31(22-30(26)40)45(43,44)39-15-6-9-27(23-39)34(42)38-19-17-37(18-20-38)33(24-7-4-3-5-8-24)25-10-12-28(36)13-11-25/h3-5,7-8,10-13,21-22,27,33H,2,6,9,14-20,23H2,1H3/t27-,33-/m1/s1. The van der Waals surface area contributed by atoms with Crippen molar-refractivity contribution in [2.45, 2.75) is 43.5 Å². The number of carbonyl (C=O) groups is 2. The Morgan fingerprint density at radius 2 is 1.62 bits per heavy atom. The molecule has 3 aromatic rings. The largest absolute Gasteiger partial charge is 0.340 e. The zero-order valence-electron chi connectivity index (χ0n) is 25.4. The smallest absolute Gasteiger partial charge is 0.244 e. The quantitative estimate of drug-likeness (QED) is 0.312. The third-order valence-corrected chi connectivity index (χ3v) is 12.4. The summed E-state index contributed by atoms with van der Waals surface area (Å²) < 4.78 is 29.9. The van der Waals surface area contributed by atoms with Gasteiger partial charge in [0.2, 0.25) is 21.8 Å². The molecule has 2 atom stereocenters. The van der Waals surface area contributed by atoms with Crippen LogP contribution in [0.15, 0.2) is 76.1 Å². The first-order valence-corrected chi connectivity index (χ1v) is 18.2. The van der Waals surface area contributed by atoms with Gasteiger partial charge in [0.1, 0.15) is 0 Å². The van der Waals surface area contributed by atoms with Crippen molar-refractivity contribution in [3.05, 3.63) is 92.9 Å². The van der Waals surface area contributed by atoms with Crippen LogP contribution in [0.2, 0.25) is 5.02 Å². The minimum absolute atomic E-state index is 0.0186. The van der Waals surface area contributed by atoms with Crippen LogP contribution in [0, 0.1) is 5.92 Å². The number of carbonyl (C=O) groups excluding carboxylic acids is 2. The number of sulfonamides is 1. The predicted molar refractivity (Wildman–Crippen MR) is 180 cm³/mol. The minimum Gasteiger partial charge on any atom is -0.340 e. The number of hydrogen-bond acceptors (Lipinski definition) is 5. The maximum absolute atomic E-state index is 14.0. The van der Waals surface area contributed by atoms with E-state index in [-0.39, 0.29) is 29.3 Å². The maximum Gasteiger partial charge on any atom is 0.244 e. The van der Waals surface area contributed by atoms with Gasteiger partial charge in [-0.1, -0.05) is 61.0 Å². The molecule has 0 unspecified atom stereocenters. The van der Waals surface area contributed by atoms with Crippen LogP contribution in [0.25, 0.3) is 0 Å². The minimum atomic E-state index is -3.89. The van der Waals surface area contributed by atoms with Crippen LogP contribution < -0.4 is 4.90 Å². The SMILES string of the molecule is CCC(=O)N1CCc2cc(Br)c(S(=O)(=O)N3CCC[C@@H](C(=O)N4CCN([C@H](c5ccccc5)c5ccc(Cl)cc5)CC4)C3)cc21. The average molecular weight is 714 g/mol. The van der Waals surface area contributed by atoms with Crippen LogP contribution in [0.3, 0.4) is 0 Å². The maximum atomic E-state index is 14.0. The highest BCUT2D eigenvalue weighted by Gasteiger charge is 2.38. The summed E-state index contributed by atoms with van der Waals surface area (Å²) in [4.78, 5) is 32.4. The van der Waals surface area contributed by atoms with Gasteiger partial charge in [-0.25, -0.2) is 8.42 Å². The first-order valence-electron chi connectivity index (χ1n) is 15.6. The molecule has 3 aliphatic heterocycles. The number of anilines is 1. The predicted octanol–water partition coefficient (Wildman–Crippen LogP) is 5.74. The molecule has 3 heterocycles. The fourth-order valence-corrected chi connectivity index (χ4v) is 9.61. The first-order chi connectivity index (χ1) is 21.7. The summed E-state index contributed by atoms with van der Waals surface area (Å²) in [5.74, 6) is -0.399. The fraction of sp³-hybridized carbons (Fsp3) is 0.412. The molecule has 3 aromatic carbocycles. The van der Waals surface area contributed by atoms with Crippen LogP contribution >= 0.6 is 27.5 Å². The lowest BCUT2D eigenvalue weighted by molar-refractivity contribution is -0.138. The summed E-state index contributed by atoms with van der Waals surface area (Å²) in [6, 6.07) is 21.8. The number of hydrogen-bond donors (Lipinski definition) is 0. The van der Waals surface area contributed by atoms with E-state index in [1.807, 2.05) is 48.2 Å². The van der Waals surface area contributed by atoms with E-state index in [0.29, 0.717) is 80.1 Å². The molecular formula is C34H38BrClN4O4S. The van der Waals surface area contributed by atoms with Gasteiger partial charge in [0.05, 0.1) is 16.9 Å². The number of fused-ring (bicyclic) bond motifs is 1. The molecule has 0 aromatic heterocycles. The molecule has 6 rings (SSSR count). The lowest BCUT2D eigenvalue weighted by atomic mass is 9.95. The molecule has 0 bridgehead atoms. The molecule has 0 spiro atoms. The van der Waals surface area contributed by atoms with E-state index in [9.17, 15) is 18.0 Å². The van der Waals surface area contributed by atoms with Gasteiger partial charge in [-0.15, -0.1) is 0 Å². The van der Waals surface area contributed by atoms with Gasteiger partial charge in [-0.05, 0) is 76.1 Å². The molecule has 45 heavy (non-hydrogen) atoms. The zero-order valence-corrected chi connectivity index (χ0v) is 28.5. The third kappa shape index (κ3) is 6.58. The summed E-state index contributed by atoms with van der Waals surface area (Å²) >= 11 is 9.68. The lowest BCUT2D eigenvalue weighted by Gasteiger charge is -2.41. The summed E-state index contributed by atoms with van der Waals surface area (Å²) in [5.41, 5.74) is 3.96. The number of piperazine rings is 1. The molecule has 0 saturated carbocycles. The Hall–Kier alpha value is -2.76. The monoisotopic (exact) mass is 712 g/mol. The zero-order chi connectivity index (χ0) is 31.7. The van der Waals surface area contributed by atoms with E-state index in [0.717, 1.165) is 11.1 Å². The van der Waals surface area contributed by atoms with E-state index in [1.54, 1.807) is 11.0 Å². The second kappa shape index (κ2) is 13.5. The fourth-order valence-electron chi connectivity index (χ4n) is 6.89. The van der Waals surface area contributed by atoms with E-state index in [4.69, 9.17) is 11.6 Å². The van der Waals surface area contributed by atoms with Gasteiger partial charge in [-0.2, -0.15) is 4.31 Å². The number of rotatable bonds is 7. The molecule has 2 saturated heterocycles. The van der Waals surface area contributed by atoms with Crippen molar-refractivity contribution in [3.8, 4) is 0 Å². The normalized spacial score (nSPS) is 20.2. The molecule has 8 nitrogen and oxygen atoms in total. The molecule has 238 valence electrons. The highest BCUT2D eigenvalue weighted by Crippen LogP contribution is 2.38. The van der Waals surface area contributed by atoms with Crippen molar-refractivity contribution < 1.29 is 18.0 Å². The summed E-state index contributed by atoms with van der Waals surface area (Å²) in [6.07, 6.45) is 2.33. The Morgan fingerprint density at radius 1 is 0.933 bits per heavy atom. The molecule has 0 radical (unpaired) electrons. The Balaban J connectivity index is 1.14. The number of benzene rings is 3. The highest BCUT2D eigenvalue weighted by atomic mass is 79.9. The van der Waals surface area contributed by atoms with Crippen LogP contribution in [0.4, 0.5) is 5.69 Å². The van der Waals surface area contributed by atoms with E-state index in [1.165, 1.54) is 9.87 Å². The van der Waals surface area contributed by atoms with Crippen LogP contribution in [0.1, 0.15) is 48.9 Å². The summed E-state index contributed by atoms with van der Waals surface area (Å²) in [5, 5.41) is 0.696. The van der Waals surface area contributed by atoms with Crippen molar-refractivity contribution in [1.82, 2.24) is 14.1 Å². The van der Waals surface area contributed by atoms with Crippen molar-refractivity contribution >= 4 is 55.1 Å². The Labute approximate surface area is 279 Å². The van der Waals surface area contributed by atoms with Gasteiger partial charge in [0, 0.05) is 67.4 Å². The highest BCUT2D eigenvalue weighted by molar-refractivity contribution is 9.10. The number of piperidine rings is 1. The topological polar surface area (TPSA) is 81.2 Å². The van der Waals surface area contributed by atoms with Crippen LogP contribution in [-0.2, 0) is 26.0 Å². The van der Waals surface area contributed by atoms with Gasteiger partial charge in [-0.3, -0.25) is 14.5 Å². The van der Waals surface area contributed by atoms with Gasteiger partial charge in [0.15, 0.2) is 0 Å². The van der Waals surface area contributed by atoms with Gasteiger partial charge >= 0.3 is 0 Å². The number of amides is 2. The van der Waals surface area contributed by atoms with Crippen molar-refractivity contribution in [3.63, 3.8) is 0 Å². The van der Waals surface area contributed by atoms with Gasteiger partial charge < -0.3 is 9.80 Å². The molecule has 0 N–H and O–H groups in total. The number of nitrogens with zero attached hydrogens (tertiary/aromatic N) is 4. The Morgan fingerprint density at radius 3 is 2.31 bits per heavy atom. The lowest BCUT2D eigenvalue weighted by Crippen LogP contribution is -2.53. The van der Waals surface area contributed by atoms with Crippen LogP contribution in [0.5, 0.6) is 0 Å². The van der Waals surface area contributed by atoms with Gasteiger partial charge in [0.25, 0.3) is 0 Å². The Bertz CT molecular complexity index is 1660. The van der Waals surface area contributed by atoms with E-state index < -0.39 is 15.9 Å². The second-order valence-electron chi connectivity index (χ2n) is 12.0.